The average molecular weight is 282 g/mol. The molecule has 1 aromatic rings. The van der Waals surface area contributed by atoms with Gasteiger partial charge in [-0.1, -0.05) is 19.9 Å². The number of carbonyl (C=O) groups excluding carboxylic acids is 1. The number of benzene rings is 1. The van der Waals surface area contributed by atoms with Gasteiger partial charge in [0, 0.05) is 0 Å². The van der Waals surface area contributed by atoms with Gasteiger partial charge < -0.3 is 15.7 Å². The Bertz CT molecular complexity index is 503. The number of rotatable bonds is 5. The van der Waals surface area contributed by atoms with Crippen molar-refractivity contribution < 1.29 is 19.1 Å². The van der Waals surface area contributed by atoms with E-state index >= 15 is 0 Å². The predicted molar refractivity (Wildman–Crippen MR) is 74.2 cm³/mol. The maximum Gasteiger partial charge on any atom is 0.326 e. The molecular weight excluding hydrogens is 263 g/mol. The Labute approximate surface area is 117 Å². The first-order valence-electron chi connectivity index (χ1n) is 6.36. The molecule has 6 heteroatoms. The summed E-state index contributed by atoms with van der Waals surface area (Å²) in [7, 11) is 0. The highest BCUT2D eigenvalue weighted by Crippen LogP contribution is 2.15. The van der Waals surface area contributed by atoms with E-state index < -0.39 is 23.9 Å². The van der Waals surface area contributed by atoms with E-state index in [0.717, 1.165) is 5.56 Å². The van der Waals surface area contributed by atoms with Crippen LogP contribution >= 0.6 is 0 Å². The van der Waals surface area contributed by atoms with E-state index in [2.05, 4.69) is 10.6 Å². The van der Waals surface area contributed by atoms with Crippen molar-refractivity contribution in [3.63, 3.8) is 0 Å². The minimum atomic E-state index is -1.11. The van der Waals surface area contributed by atoms with Gasteiger partial charge in [-0.25, -0.2) is 14.0 Å². The minimum Gasteiger partial charge on any atom is -0.480 e. The molecule has 0 saturated heterocycles. The zero-order valence-electron chi connectivity index (χ0n) is 11.7. The van der Waals surface area contributed by atoms with Gasteiger partial charge >= 0.3 is 12.0 Å². The predicted octanol–water partition coefficient (Wildman–Crippen LogP) is 2.75. The number of hydrogen-bond donors (Lipinski definition) is 3. The SMILES string of the molecule is Cc1ccc(F)c(NC(=O)N[C@H](CC(C)C)C(=O)O)c1. The lowest BCUT2D eigenvalue weighted by Crippen LogP contribution is -2.43. The topological polar surface area (TPSA) is 78.4 Å². The van der Waals surface area contributed by atoms with Crippen molar-refractivity contribution in [2.75, 3.05) is 5.32 Å². The number of amides is 2. The maximum atomic E-state index is 13.5. The Balaban J connectivity index is 2.70. The monoisotopic (exact) mass is 282 g/mol. The van der Waals surface area contributed by atoms with Gasteiger partial charge in [0.15, 0.2) is 0 Å². The van der Waals surface area contributed by atoms with Gasteiger partial charge in [-0.3, -0.25) is 0 Å². The Kier molecular flexibility index (Phi) is 5.49. The van der Waals surface area contributed by atoms with Crippen LogP contribution in [0.2, 0.25) is 0 Å². The van der Waals surface area contributed by atoms with Crippen molar-refractivity contribution in [1.29, 1.82) is 0 Å². The summed E-state index contributed by atoms with van der Waals surface area (Å²) >= 11 is 0. The van der Waals surface area contributed by atoms with Crippen LogP contribution in [0.4, 0.5) is 14.9 Å². The molecule has 1 rings (SSSR count). The van der Waals surface area contributed by atoms with Crippen molar-refractivity contribution >= 4 is 17.7 Å². The van der Waals surface area contributed by atoms with Crippen molar-refractivity contribution in [3.8, 4) is 0 Å². The fraction of sp³-hybridized carbons (Fsp3) is 0.429. The van der Waals surface area contributed by atoms with Crippen LogP contribution in [0.3, 0.4) is 0 Å². The largest absolute Gasteiger partial charge is 0.480 e. The van der Waals surface area contributed by atoms with Crippen LogP contribution in [0.15, 0.2) is 18.2 Å². The number of aryl methyl sites for hydroxylation is 1. The van der Waals surface area contributed by atoms with Gasteiger partial charge in [0.2, 0.25) is 0 Å². The molecular formula is C14H19FN2O3. The summed E-state index contributed by atoms with van der Waals surface area (Å²) in [6, 6.07) is 2.57. The molecule has 0 radical (unpaired) electrons. The number of hydrogen-bond acceptors (Lipinski definition) is 2. The minimum absolute atomic E-state index is 0.0242. The summed E-state index contributed by atoms with van der Waals surface area (Å²) in [6.07, 6.45) is 0.305. The van der Waals surface area contributed by atoms with Crippen molar-refractivity contribution in [1.82, 2.24) is 5.32 Å². The normalized spacial score (nSPS) is 12.1. The van der Waals surface area contributed by atoms with Gasteiger partial charge in [-0.15, -0.1) is 0 Å². The van der Waals surface area contributed by atoms with Gasteiger partial charge in [-0.2, -0.15) is 0 Å². The van der Waals surface area contributed by atoms with Gasteiger partial charge in [0.25, 0.3) is 0 Å². The number of halogens is 1. The molecule has 3 N–H and O–H groups in total. The molecule has 0 aliphatic rings. The van der Waals surface area contributed by atoms with Crippen molar-refractivity contribution in [2.24, 2.45) is 5.92 Å². The maximum absolute atomic E-state index is 13.5. The molecule has 0 fully saturated rings. The Hall–Kier alpha value is -2.11. The third-order valence-electron chi connectivity index (χ3n) is 2.68. The van der Waals surface area contributed by atoms with Crippen LogP contribution < -0.4 is 10.6 Å². The fourth-order valence-electron chi connectivity index (χ4n) is 1.74. The van der Waals surface area contributed by atoms with Crippen LogP contribution in [0.5, 0.6) is 0 Å². The molecule has 1 atom stereocenters. The van der Waals surface area contributed by atoms with Gasteiger partial charge in [0.1, 0.15) is 11.9 Å². The van der Waals surface area contributed by atoms with E-state index in [4.69, 9.17) is 5.11 Å². The highest BCUT2D eigenvalue weighted by atomic mass is 19.1. The standard InChI is InChI=1S/C14H19FN2O3/c1-8(2)6-12(13(18)19)17-14(20)16-11-7-9(3)4-5-10(11)15/h4-5,7-8,12H,6H2,1-3H3,(H,18,19)(H2,16,17,20)/t12-/m1/s1. The Morgan fingerprint density at radius 1 is 1.35 bits per heavy atom. The van der Waals surface area contributed by atoms with E-state index in [9.17, 15) is 14.0 Å². The first kappa shape index (κ1) is 15.9. The van der Waals surface area contributed by atoms with Crippen molar-refractivity contribution in [3.05, 3.63) is 29.6 Å². The molecule has 0 bridgehead atoms. The lowest BCUT2D eigenvalue weighted by Gasteiger charge is -2.17. The lowest BCUT2D eigenvalue weighted by molar-refractivity contribution is -0.139. The zero-order valence-corrected chi connectivity index (χ0v) is 11.7. The van der Waals surface area contributed by atoms with Crippen LogP contribution in [0, 0.1) is 18.7 Å². The highest BCUT2D eigenvalue weighted by Gasteiger charge is 2.21. The smallest absolute Gasteiger partial charge is 0.326 e. The Morgan fingerprint density at radius 3 is 2.55 bits per heavy atom. The average Bonchev–Trinajstić information content (AvgIpc) is 2.32. The summed E-state index contributed by atoms with van der Waals surface area (Å²) < 4.78 is 13.5. The molecule has 0 spiro atoms. The van der Waals surface area contributed by atoms with Gasteiger partial charge in [0.05, 0.1) is 5.69 Å². The van der Waals surface area contributed by atoms with E-state index in [0.29, 0.717) is 6.42 Å². The number of urea groups is 1. The van der Waals surface area contributed by atoms with E-state index in [1.807, 2.05) is 13.8 Å². The third kappa shape index (κ3) is 4.87. The number of carbonyl (C=O) groups is 2. The summed E-state index contributed by atoms with van der Waals surface area (Å²) in [5.74, 6) is -1.56. The molecule has 0 aromatic heterocycles. The highest BCUT2D eigenvalue weighted by molar-refractivity contribution is 5.92. The summed E-state index contributed by atoms with van der Waals surface area (Å²) in [5.41, 5.74) is 0.815. The second-order valence-corrected chi connectivity index (χ2v) is 5.10. The van der Waals surface area contributed by atoms with Crippen molar-refractivity contribution in [2.45, 2.75) is 33.2 Å². The molecule has 0 unspecified atom stereocenters. The quantitative estimate of drug-likeness (QED) is 0.777. The van der Waals surface area contributed by atoms with Gasteiger partial charge in [-0.05, 0) is 37.0 Å². The van der Waals surface area contributed by atoms with E-state index in [1.54, 1.807) is 13.0 Å². The summed E-state index contributed by atoms with van der Waals surface area (Å²) in [5, 5.41) is 13.7. The number of aliphatic carboxylic acids is 1. The molecule has 20 heavy (non-hydrogen) atoms. The number of carboxylic acid groups (broad SMARTS) is 1. The molecule has 0 saturated carbocycles. The molecule has 0 heterocycles. The number of anilines is 1. The Morgan fingerprint density at radius 2 is 2.00 bits per heavy atom. The molecule has 0 aliphatic heterocycles. The summed E-state index contributed by atoms with van der Waals surface area (Å²) in [4.78, 5) is 22.7. The van der Waals surface area contributed by atoms with Crippen LogP contribution in [0.1, 0.15) is 25.8 Å². The summed E-state index contributed by atoms with van der Waals surface area (Å²) in [6.45, 7) is 5.48. The molecule has 0 aliphatic carbocycles. The zero-order chi connectivity index (χ0) is 15.3. The number of nitrogens with one attached hydrogen (secondary N) is 2. The lowest BCUT2D eigenvalue weighted by atomic mass is 10.0. The molecule has 5 nitrogen and oxygen atoms in total. The third-order valence-corrected chi connectivity index (χ3v) is 2.68. The second-order valence-electron chi connectivity index (χ2n) is 5.10. The second kappa shape index (κ2) is 6.88. The molecule has 110 valence electrons. The molecule has 1 aromatic carbocycles. The van der Waals surface area contributed by atoms with Crippen LogP contribution in [0.25, 0.3) is 0 Å². The van der Waals surface area contributed by atoms with E-state index in [1.165, 1.54) is 12.1 Å². The number of carboxylic acids is 1. The van der Waals surface area contributed by atoms with Crippen LogP contribution in [-0.4, -0.2) is 23.1 Å². The van der Waals surface area contributed by atoms with Crippen LogP contribution in [-0.2, 0) is 4.79 Å². The van der Waals surface area contributed by atoms with E-state index in [-0.39, 0.29) is 11.6 Å². The molecule has 2 amide bonds. The first-order chi connectivity index (χ1) is 9.29. The fourth-order valence-corrected chi connectivity index (χ4v) is 1.74. The first-order valence-corrected chi connectivity index (χ1v) is 6.36.